The first-order valence-corrected chi connectivity index (χ1v) is 9.05. The largest absolute Gasteiger partial charge is 0.396 e. The Balaban J connectivity index is 1.96. The molecule has 0 aliphatic heterocycles. The van der Waals surface area contributed by atoms with E-state index in [0.717, 1.165) is 29.1 Å². The molecule has 0 fully saturated rings. The summed E-state index contributed by atoms with van der Waals surface area (Å²) in [5.74, 6) is 0.859. The summed E-state index contributed by atoms with van der Waals surface area (Å²) in [7, 11) is 0. The number of aliphatic hydroxyl groups is 1. The van der Waals surface area contributed by atoms with Crippen molar-refractivity contribution in [2.24, 2.45) is 0 Å². The highest BCUT2D eigenvalue weighted by atomic mass is 32.2. The van der Waals surface area contributed by atoms with E-state index in [1.807, 2.05) is 24.3 Å². The molecule has 1 unspecified atom stereocenters. The van der Waals surface area contributed by atoms with Gasteiger partial charge in [0.25, 0.3) is 0 Å². The molecule has 0 saturated heterocycles. The second kappa shape index (κ2) is 9.35. The van der Waals surface area contributed by atoms with E-state index in [2.05, 4.69) is 41.8 Å². The van der Waals surface area contributed by atoms with Crippen LogP contribution in [0, 0.1) is 0 Å². The molecule has 0 bridgehead atoms. The van der Waals surface area contributed by atoms with Crippen molar-refractivity contribution in [3.8, 4) is 0 Å². The van der Waals surface area contributed by atoms with E-state index in [-0.39, 0.29) is 18.6 Å². The van der Waals surface area contributed by atoms with Crippen LogP contribution in [0.3, 0.4) is 0 Å². The molecular formula is C19H24N2O2S. The minimum absolute atomic E-state index is 0.0675. The quantitative estimate of drug-likeness (QED) is 0.494. The van der Waals surface area contributed by atoms with E-state index in [1.165, 1.54) is 11.8 Å². The molecule has 0 saturated carbocycles. The fourth-order valence-electron chi connectivity index (χ4n) is 2.32. The Bertz CT molecular complexity index is 659. The zero-order valence-corrected chi connectivity index (χ0v) is 14.9. The maximum Gasteiger partial charge on any atom is 0.221 e. The average Bonchev–Trinajstić information content (AvgIpc) is 2.56. The number of nitrogens with one attached hydrogen (secondary N) is 2. The number of thioether (sulfide) groups is 1. The molecule has 3 N–H and O–H groups in total. The highest BCUT2D eigenvalue weighted by molar-refractivity contribution is 7.99. The van der Waals surface area contributed by atoms with Gasteiger partial charge in [-0.25, -0.2) is 0 Å². The Morgan fingerprint density at radius 3 is 2.58 bits per heavy atom. The van der Waals surface area contributed by atoms with Crippen LogP contribution in [0.2, 0.25) is 0 Å². The number of amides is 1. The number of anilines is 2. The summed E-state index contributed by atoms with van der Waals surface area (Å²) in [6.45, 7) is 3.84. The lowest BCUT2D eigenvalue weighted by molar-refractivity contribution is -0.114. The molecule has 128 valence electrons. The van der Waals surface area contributed by atoms with Crippen LogP contribution in [-0.4, -0.2) is 23.4 Å². The van der Waals surface area contributed by atoms with E-state index < -0.39 is 0 Å². The lowest BCUT2D eigenvalue weighted by Gasteiger charge is -2.17. The lowest BCUT2D eigenvalue weighted by Crippen LogP contribution is -2.09. The molecule has 2 aromatic carbocycles. The number of rotatable bonds is 8. The van der Waals surface area contributed by atoms with E-state index in [0.29, 0.717) is 0 Å². The molecule has 0 radical (unpaired) electrons. The normalized spacial score (nSPS) is 11.8. The van der Waals surface area contributed by atoms with E-state index in [4.69, 9.17) is 5.11 Å². The third-order valence-electron chi connectivity index (χ3n) is 3.52. The standard InChI is InChI=1S/C19H24N2O2S/c1-14(16-5-3-6-18(13-16)21-15(2)23)20-17-7-9-19(10-8-17)24-12-4-11-22/h3,5-10,13-14,20,22H,4,11-12H2,1-2H3,(H,21,23). The summed E-state index contributed by atoms with van der Waals surface area (Å²) < 4.78 is 0. The first kappa shape index (κ1) is 18.4. The summed E-state index contributed by atoms with van der Waals surface area (Å²) in [4.78, 5) is 12.4. The summed E-state index contributed by atoms with van der Waals surface area (Å²) in [6, 6.07) is 16.3. The molecule has 1 atom stereocenters. The van der Waals surface area contributed by atoms with E-state index in [1.54, 1.807) is 11.8 Å². The molecule has 4 nitrogen and oxygen atoms in total. The highest BCUT2D eigenvalue weighted by Crippen LogP contribution is 2.25. The molecule has 1 amide bonds. The summed E-state index contributed by atoms with van der Waals surface area (Å²) >= 11 is 1.75. The molecular weight excluding hydrogens is 320 g/mol. The summed E-state index contributed by atoms with van der Waals surface area (Å²) in [5.41, 5.74) is 2.98. The van der Waals surface area contributed by atoms with Crippen molar-refractivity contribution in [2.75, 3.05) is 23.0 Å². The fraction of sp³-hybridized carbons (Fsp3) is 0.316. The molecule has 5 heteroatoms. The zero-order valence-electron chi connectivity index (χ0n) is 14.1. The van der Waals surface area contributed by atoms with E-state index in [9.17, 15) is 4.79 Å². The Hall–Kier alpha value is -1.98. The van der Waals surface area contributed by atoms with Gasteiger partial charge in [0.1, 0.15) is 0 Å². The number of hydrogen-bond donors (Lipinski definition) is 3. The Labute approximate surface area is 147 Å². The van der Waals surface area contributed by atoms with Crippen molar-refractivity contribution in [3.63, 3.8) is 0 Å². The molecule has 0 aliphatic rings. The third-order valence-corrected chi connectivity index (χ3v) is 4.61. The smallest absolute Gasteiger partial charge is 0.221 e. The van der Waals surface area contributed by atoms with Crippen molar-refractivity contribution in [1.29, 1.82) is 0 Å². The Morgan fingerprint density at radius 2 is 1.92 bits per heavy atom. The lowest BCUT2D eigenvalue weighted by atomic mass is 10.1. The Morgan fingerprint density at radius 1 is 1.17 bits per heavy atom. The molecule has 0 aromatic heterocycles. The van der Waals surface area contributed by atoms with Gasteiger partial charge in [0.15, 0.2) is 0 Å². The van der Waals surface area contributed by atoms with Gasteiger partial charge in [0.05, 0.1) is 0 Å². The van der Waals surface area contributed by atoms with Gasteiger partial charge >= 0.3 is 0 Å². The first-order valence-electron chi connectivity index (χ1n) is 8.06. The SMILES string of the molecule is CC(=O)Nc1cccc(C(C)Nc2ccc(SCCCO)cc2)c1. The predicted molar refractivity (Wildman–Crippen MR) is 102 cm³/mol. The number of aliphatic hydroxyl groups excluding tert-OH is 1. The van der Waals surface area contributed by atoms with Crippen LogP contribution in [0.1, 0.15) is 31.9 Å². The van der Waals surface area contributed by atoms with Crippen molar-refractivity contribution in [2.45, 2.75) is 31.2 Å². The fourth-order valence-corrected chi connectivity index (χ4v) is 3.16. The van der Waals surface area contributed by atoms with Gasteiger partial charge in [0.2, 0.25) is 5.91 Å². The van der Waals surface area contributed by atoms with Crippen LogP contribution in [0.15, 0.2) is 53.4 Å². The number of carbonyl (C=O) groups excluding carboxylic acids is 1. The van der Waals surface area contributed by atoms with Crippen molar-refractivity contribution in [1.82, 2.24) is 0 Å². The van der Waals surface area contributed by atoms with Gasteiger partial charge in [-0.2, -0.15) is 0 Å². The van der Waals surface area contributed by atoms with Crippen molar-refractivity contribution >= 4 is 29.0 Å². The average molecular weight is 344 g/mol. The second-order valence-electron chi connectivity index (χ2n) is 5.62. The first-order chi connectivity index (χ1) is 11.6. The number of carbonyl (C=O) groups is 1. The minimum atomic E-state index is -0.0675. The highest BCUT2D eigenvalue weighted by Gasteiger charge is 2.07. The van der Waals surface area contributed by atoms with Crippen molar-refractivity contribution in [3.05, 3.63) is 54.1 Å². The molecule has 0 spiro atoms. The molecule has 2 aromatic rings. The number of benzene rings is 2. The number of hydrogen-bond acceptors (Lipinski definition) is 4. The van der Waals surface area contributed by atoms with Gasteiger partial charge in [0, 0.05) is 41.6 Å². The van der Waals surface area contributed by atoms with Crippen molar-refractivity contribution < 1.29 is 9.90 Å². The van der Waals surface area contributed by atoms with Crippen LogP contribution in [-0.2, 0) is 4.79 Å². The second-order valence-corrected chi connectivity index (χ2v) is 6.79. The molecule has 2 rings (SSSR count). The van der Waals surface area contributed by atoms with Crippen LogP contribution in [0.5, 0.6) is 0 Å². The van der Waals surface area contributed by atoms with Gasteiger partial charge in [-0.3, -0.25) is 4.79 Å². The van der Waals surface area contributed by atoms with Gasteiger partial charge in [-0.05, 0) is 55.3 Å². The zero-order chi connectivity index (χ0) is 17.4. The summed E-state index contributed by atoms with van der Waals surface area (Å²) in [6.07, 6.45) is 0.812. The summed E-state index contributed by atoms with van der Waals surface area (Å²) in [5, 5.41) is 15.1. The monoisotopic (exact) mass is 344 g/mol. The topological polar surface area (TPSA) is 61.4 Å². The van der Waals surface area contributed by atoms with Crippen LogP contribution in [0.4, 0.5) is 11.4 Å². The van der Waals surface area contributed by atoms with Crippen LogP contribution >= 0.6 is 11.8 Å². The van der Waals surface area contributed by atoms with Crippen LogP contribution < -0.4 is 10.6 Å². The molecule has 0 aliphatic carbocycles. The predicted octanol–water partition coefficient (Wildman–Crippen LogP) is 4.29. The van der Waals surface area contributed by atoms with Crippen LogP contribution in [0.25, 0.3) is 0 Å². The van der Waals surface area contributed by atoms with E-state index >= 15 is 0 Å². The Kier molecular flexibility index (Phi) is 7.15. The maximum atomic E-state index is 11.2. The minimum Gasteiger partial charge on any atom is -0.396 e. The molecule has 0 heterocycles. The van der Waals surface area contributed by atoms with Gasteiger partial charge < -0.3 is 15.7 Å². The van der Waals surface area contributed by atoms with Gasteiger partial charge in [-0.1, -0.05) is 12.1 Å². The molecule has 24 heavy (non-hydrogen) atoms. The van der Waals surface area contributed by atoms with Gasteiger partial charge in [-0.15, -0.1) is 11.8 Å². The maximum absolute atomic E-state index is 11.2. The third kappa shape index (κ3) is 5.91.